The van der Waals surface area contributed by atoms with Crippen molar-refractivity contribution in [1.29, 1.82) is 0 Å². The van der Waals surface area contributed by atoms with Crippen molar-refractivity contribution in [2.75, 3.05) is 24.3 Å². The molecular formula is C19H22N2O. The first-order chi connectivity index (χ1) is 10.5. The lowest BCUT2D eigenvalue weighted by Crippen LogP contribution is -2.08. The lowest BCUT2D eigenvalue weighted by Gasteiger charge is -2.12. The Morgan fingerprint density at radius 2 is 1.73 bits per heavy atom. The number of carbonyl (C=O) groups is 1. The molecule has 0 atom stereocenters. The number of nitrogens with one attached hydrogen (secondary N) is 1. The highest BCUT2D eigenvalue weighted by Crippen LogP contribution is 2.16. The maximum absolute atomic E-state index is 12.2. The third-order valence-electron chi connectivity index (χ3n) is 3.53. The summed E-state index contributed by atoms with van der Waals surface area (Å²) in [7, 11) is 4.01. The third kappa shape index (κ3) is 3.98. The average Bonchev–Trinajstić information content (AvgIpc) is 2.50. The second-order valence-electron chi connectivity index (χ2n) is 5.60. The smallest absolute Gasteiger partial charge is 0.187 e. The number of benzene rings is 2. The monoisotopic (exact) mass is 294 g/mol. The van der Waals surface area contributed by atoms with Gasteiger partial charge in [-0.15, -0.1) is 0 Å². The summed E-state index contributed by atoms with van der Waals surface area (Å²) in [6.07, 6.45) is 3.26. The topological polar surface area (TPSA) is 32.3 Å². The van der Waals surface area contributed by atoms with Crippen molar-refractivity contribution in [2.45, 2.75) is 13.8 Å². The van der Waals surface area contributed by atoms with Gasteiger partial charge >= 0.3 is 0 Å². The predicted molar refractivity (Wildman–Crippen MR) is 93.8 cm³/mol. The molecule has 0 saturated heterocycles. The summed E-state index contributed by atoms with van der Waals surface area (Å²) in [5, 5.41) is 3.13. The fourth-order valence-electron chi connectivity index (χ4n) is 2.16. The Balaban J connectivity index is 2.02. The molecule has 2 aromatic carbocycles. The number of carbonyl (C=O) groups excluding carboxylic acids is 1. The molecule has 0 bridgehead atoms. The van der Waals surface area contributed by atoms with Gasteiger partial charge in [-0.25, -0.2) is 0 Å². The van der Waals surface area contributed by atoms with Gasteiger partial charge in [-0.3, -0.25) is 4.79 Å². The zero-order valence-electron chi connectivity index (χ0n) is 13.6. The Hall–Kier alpha value is -2.55. The molecule has 3 nitrogen and oxygen atoms in total. The van der Waals surface area contributed by atoms with E-state index in [1.165, 1.54) is 0 Å². The molecule has 114 valence electrons. The lowest BCUT2D eigenvalue weighted by molar-refractivity contribution is 0.104. The molecule has 0 aliphatic heterocycles. The summed E-state index contributed by atoms with van der Waals surface area (Å²) in [5.41, 5.74) is 4.93. The van der Waals surface area contributed by atoms with Gasteiger partial charge in [0.2, 0.25) is 0 Å². The highest BCUT2D eigenvalue weighted by Gasteiger charge is 2.05. The van der Waals surface area contributed by atoms with E-state index in [-0.39, 0.29) is 5.78 Å². The van der Waals surface area contributed by atoms with Crippen LogP contribution in [0.4, 0.5) is 11.4 Å². The number of allylic oxidation sites excluding steroid dienone is 1. The van der Waals surface area contributed by atoms with Crippen molar-refractivity contribution < 1.29 is 4.79 Å². The summed E-state index contributed by atoms with van der Waals surface area (Å²) in [6, 6.07) is 14.0. The average molecular weight is 294 g/mol. The number of nitrogens with zero attached hydrogens (tertiary/aromatic N) is 1. The van der Waals surface area contributed by atoms with E-state index < -0.39 is 0 Å². The number of anilines is 2. The zero-order valence-corrected chi connectivity index (χ0v) is 13.6. The van der Waals surface area contributed by atoms with Crippen LogP contribution in [-0.4, -0.2) is 19.9 Å². The van der Waals surface area contributed by atoms with Gasteiger partial charge in [-0.05, 0) is 49.7 Å². The van der Waals surface area contributed by atoms with Gasteiger partial charge in [-0.2, -0.15) is 0 Å². The minimum absolute atomic E-state index is 0.0126. The molecule has 0 spiro atoms. The van der Waals surface area contributed by atoms with Crippen molar-refractivity contribution in [2.24, 2.45) is 0 Å². The van der Waals surface area contributed by atoms with E-state index in [4.69, 9.17) is 0 Å². The zero-order chi connectivity index (χ0) is 16.1. The molecule has 0 amide bonds. The van der Waals surface area contributed by atoms with E-state index >= 15 is 0 Å². The van der Waals surface area contributed by atoms with Crippen LogP contribution in [0.15, 0.2) is 54.7 Å². The molecule has 0 aromatic heterocycles. The van der Waals surface area contributed by atoms with Gasteiger partial charge in [-0.1, -0.05) is 17.7 Å². The van der Waals surface area contributed by atoms with E-state index in [9.17, 15) is 4.79 Å². The third-order valence-corrected chi connectivity index (χ3v) is 3.53. The highest BCUT2D eigenvalue weighted by atomic mass is 16.1. The Morgan fingerprint density at radius 3 is 2.36 bits per heavy atom. The number of hydrogen-bond acceptors (Lipinski definition) is 3. The molecule has 0 heterocycles. The molecule has 0 aliphatic carbocycles. The molecule has 1 N–H and O–H groups in total. The summed E-state index contributed by atoms with van der Waals surface area (Å²) in [5.74, 6) is 0.0126. The van der Waals surface area contributed by atoms with Gasteiger partial charge in [0.1, 0.15) is 0 Å². The quantitative estimate of drug-likeness (QED) is 0.663. The molecule has 22 heavy (non-hydrogen) atoms. The van der Waals surface area contributed by atoms with Crippen molar-refractivity contribution in [1.82, 2.24) is 0 Å². The number of hydrogen-bond donors (Lipinski definition) is 1. The second kappa shape index (κ2) is 6.94. The van der Waals surface area contributed by atoms with E-state index in [0.717, 1.165) is 28.1 Å². The largest absolute Gasteiger partial charge is 0.378 e. The summed E-state index contributed by atoms with van der Waals surface area (Å²) in [6.45, 7) is 3.94. The minimum atomic E-state index is 0.0126. The molecule has 0 unspecified atom stereocenters. The van der Waals surface area contributed by atoms with Crippen molar-refractivity contribution in [3.05, 3.63) is 71.4 Å². The van der Waals surface area contributed by atoms with Crippen LogP contribution in [0.25, 0.3) is 0 Å². The Kier molecular flexibility index (Phi) is 4.99. The first-order valence-corrected chi connectivity index (χ1v) is 7.29. The SMILES string of the molecule is Cc1ccc(C)c(C(=O)C=CNc2ccc(N(C)C)cc2)c1. The lowest BCUT2D eigenvalue weighted by atomic mass is 10.0. The van der Waals surface area contributed by atoms with Gasteiger partial charge in [0.05, 0.1) is 0 Å². The second-order valence-corrected chi connectivity index (χ2v) is 5.60. The first-order valence-electron chi connectivity index (χ1n) is 7.29. The van der Waals surface area contributed by atoms with Crippen molar-refractivity contribution in [3.63, 3.8) is 0 Å². The predicted octanol–water partition coefficient (Wildman–Crippen LogP) is 4.18. The molecule has 0 aliphatic rings. The van der Waals surface area contributed by atoms with Crippen molar-refractivity contribution >= 4 is 17.2 Å². The van der Waals surface area contributed by atoms with Crippen LogP contribution in [0.5, 0.6) is 0 Å². The van der Waals surface area contributed by atoms with Gasteiger partial charge in [0.15, 0.2) is 5.78 Å². The number of aryl methyl sites for hydroxylation is 2. The van der Waals surface area contributed by atoms with Crippen LogP contribution in [0, 0.1) is 13.8 Å². The van der Waals surface area contributed by atoms with Gasteiger partial charge < -0.3 is 10.2 Å². The molecular weight excluding hydrogens is 272 g/mol. The molecule has 0 fully saturated rings. The minimum Gasteiger partial charge on any atom is -0.378 e. The molecule has 2 rings (SSSR count). The van der Waals surface area contributed by atoms with Crippen LogP contribution in [0.2, 0.25) is 0 Å². The highest BCUT2D eigenvalue weighted by molar-refractivity contribution is 6.05. The molecule has 0 radical (unpaired) electrons. The maximum Gasteiger partial charge on any atom is 0.187 e. The summed E-state index contributed by atoms with van der Waals surface area (Å²) in [4.78, 5) is 14.3. The Morgan fingerprint density at radius 1 is 1.05 bits per heavy atom. The van der Waals surface area contributed by atoms with Crippen LogP contribution in [0.1, 0.15) is 21.5 Å². The standard InChI is InChI=1S/C19H22N2O/c1-14-5-6-15(2)18(13-14)19(22)11-12-20-16-7-9-17(10-8-16)21(3)4/h5-13,20H,1-4H3. The van der Waals surface area contributed by atoms with Crippen LogP contribution >= 0.6 is 0 Å². The van der Waals surface area contributed by atoms with Gasteiger partial charge in [0.25, 0.3) is 0 Å². The Labute approximate surface area is 132 Å². The molecule has 0 saturated carbocycles. The summed E-state index contributed by atoms with van der Waals surface area (Å²) < 4.78 is 0. The van der Waals surface area contributed by atoms with Gasteiger partial charge in [0, 0.05) is 43.3 Å². The first kappa shape index (κ1) is 15.8. The van der Waals surface area contributed by atoms with Crippen LogP contribution in [-0.2, 0) is 0 Å². The maximum atomic E-state index is 12.2. The Bertz CT molecular complexity index is 685. The molecule has 2 aromatic rings. The van der Waals surface area contributed by atoms with E-state index in [0.29, 0.717) is 0 Å². The van der Waals surface area contributed by atoms with E-state index in [1.807, 2.05) is 75.3 Å². The fourth-order valence-corrected chi connectivity index (χ4v) is 2.16. The fraction of sp³-hybridized carbons (Fsp3) is 0.211. The number of rotatable bonds is 5. The van der Waals surface area contributed by atoms with Crippen LogP contribution in [0.3, 0.4) is 0 Å². The van der Waals surface area contributed by atoms with E-state index in [2.05, 4.69) is 5.32 Å². The van der Waals surface area contributed by atoms with Crippen LogP contribution < -0.4 is 10.2 Å². The molecule has 3 heteroatoms. The summed E-state index contributed by atoms with van der Waals surface area (Å²) >= 11 is 0. The van der Waals surface area contributed by atoms with Crippen molar-refractivity contribution in [3.8, 4) is 0 Å². The number of ketones is 1. The normalized spacial score (nSPS) is 10.7. The van der Waals surface area contributed by atoms with E-state index in [1.54, 1.807) is 12.3 Å².